The third kappa shape index (κ3) is 3.31. The molecule has 106 valence electrons. The van der Waals surface area contributed by atoms with Crippen LogP contribution in [0.25, 0.3) is 0 Å². The van der Waals surface area contributed by atoms with Gasteiger partial charge in [-0.2, -0.15) is 0 Å². The van der Waals surface area contributed by atoms with Crippen molar-refractivity contribution in [2.45, 2.75) is 18.8 Å². The molecule has 0 radical (unpaired) electrons. The van der Waals surface area contributed by atoms with Crippen molar-refractivity contribution < 1.29 is 9.90 Å². The first-order chi connectivity index (χ1) is 10.2. The van der Waals surface area contributed by atoms with Crippen LogP contribution in [-0.4, -0.2) is 10.9 Å². The van der Waals surface area contributed by atoms with Crippen molar-refractivity contribution in [3.63, 3.8) is 0 Å². The normalized spacial score (nSPS) is 18.2. The van der Waals surface area contributed by atoms with E-state index in [1.807, 2.05) is 24.3 Å². The monoisotopic (exact) mass is 279 g/mol. The van der Waals surface area contributed by atoms with Gasteiger partial charge in [-0.1, -0.05) is 36.4 Å². The minimum Gasteiger partial charge on any atom is -0.508 e. The van der Waals surface area contributed by atoms with Crippen molar-refractivity contribution in [1.29, 1.82) is 0 Å². The maximum atomic E-state index is 11.9. The topological polar surface area (TPSA) is 49.3 Å². The number of hydrogen-bond donors (Lipinski definition) is 2. The summed E-state index contributed by atoms with van der Waals surface area (Å²) in [6.07, 6.45) is 3.02. The summed E-state index contributed by atoms with van der Waals surface area (Å²) >= 11 is 0. The molecule has 3 nitrogen and oxygen atoms in total. The number of phenols is 1. The molecule has 2 aromatic carbocycles. The molecule has 0 heterocycles. The smallest absolute Gasteiger partial charge is 0.158 e. The number of carbonyl (C=O) groups excluding carboxylic acids is 1. The van der Waals surface area contributed by atoms with Gasteiger partial charge in [-0.3, -0.25) is 4.79 Å². The van der Waals surface area contributed by atoms with Gasteiger partial charge in [0.05, 0.1) is 0 Å². The van der Waals surface area contributed by atoms with Crippen LogP contribution >= 0.6 is 0 Å². The quantitative estimate of drug-likeness (QED) is 0.897. The number of allylic oxidation sites excluding steroid dienone is 2. The number of phenolic OH excluding ortho intramolecular Hbond substituents is 1. The fourth-order valence-electron chi connectivity index (χ4n) is 2.71. The first-order valence-corrected chi connectivity index (χ1v) is 7.05. The summed E-state index contributed by atoms with van der Waals surface area (Å²) in [6, 6.07) is 17.0. The summed E-state index contributed by atoms with van der Waals surface area (Å²) in [5.74, 6) is 0.559. The highest BCUT2D eigenvalue weighted by atomic mass is 16.3. The van der Waals surface area contributed by atoms with Crippen molar-refractivity contribution >= 4 is 11.5 Å². The Morgan fingerprint density at radius 2 is 1.81 bits per heavy atom. The van der Waals surface area contributed by atoms with E-state index < -0.39 is 0 Å². The predicted molar refractivity (Wildman–Crippen MR) is 83.2 cm³/mol. The number of ketones is 1. The summed E-state index contributed by atoms with van der Waals surface area (Å²) in [5, 5.41) is 12.7. The Morgan fingerprint density at radius 1 is 1.00 bits per heavy atom. The van der Waals surface area contributed by atoms with Crippen LogP contribution in [-0.2, 0) is 4.79 Å². The van der Waals surface area contributed by atoms with Crippen LogP contribution in [0.15, 0.2) is 66.4 Å². The van der Waals surface area contributed by atoms with Crippen molar-refractivity contribution in [2.75, 3.05) is 5.32 Å². The van der Waals surface area contributed by atoms with Gasteiger partial charge in [0.15, 0.2) is 5.78 Å². The van der Waals surface area contributed by atoms with Gasteiger partial charge < -0.3 is 10.4 Å². The first-order valence-electron chi connectivity index (χ1n) is 7.05. The lowest BCUT2D eigenvalue weighted by Gasteiger charge is -2.23. The second-order valence-electron chi connectivity index (χ2n) is 5.33. The number of rotatable bonds is 3. The molecule has 0 amide bonds. The lowest BCUT2D eigenvalue weighted by Crippen LogP contribution is -2.16. The van der Waals surface area contributed by atoms with E-state index in [2.05, 4.69) is 17.4 Å². The third-order valence-corrected chi connectivity index (χ3v) is 3.67. The summed E-state index contributed by atoms with van der Waals surface area (Å²) in [6.45, 7) is 0. The maximum Gasteiger partial charge on any atom is 0.158 e. The van der Waals surface area contributed by atoms with E-state index in [4.69, 9.17) is 0 Å². The lowest BCUT2D eigenvalue weighted by molar-refractivity contribution is -0.115. The van der Waals surface area contributed by atoms with Crippen molar-refractivity contribution in [1.82, 2.24) is 0 Å². The molecule has 0 saturated heterocycles. The molecule has 3 rings (SSSR count). The van der Waals surface area contributed by atoms with E-state index in [0.717, 1.165) is 17.8 Å². The molecule has 1 aliphatic carbocycles. The predicted octanol–water partition coefficient (Wildman–Crippen LogP) is 3.83. The zero-order valence-electron chi connectivity index (χ0n) is 11.6. The highest BCUT2D eigenvalue weighted by molar-refractivity contribution is 5.92. The van der Waals surface area contributed by atoms with Gasteiger partial charge in [0.25, 0.3) is 0 Å². The van der Waals surface area contributed by atoms with Gasteiger partial charge in [0, 0.05) is 29.9 Å². The van der Waals surface area contributed by atoms with E-state index in [-0.39, 0.29) is 17.5 Å². The zero-order valence-corrected chi connectivity index (χ0v) is 11.6. The minimum absolute atomic E-state index is 0.137. The molecule has 21 heavy (non-hydrogen) atoms. The van der Waals surface area contributed by atoms with Gasteiger partial charge in [0.2, 0.25) is 0 Å². The van der Waals surface area contributed by atoms with Gasteiger partial charge in [-0.05, 0) is 30.0 Å². The SMILES string of the molecule is O=C1C=C(Nc2cccc(O)c2)C[C@H](c2ccccc2)C1. The second kappa shape index (κ2) is 5.83. The first kappa shape index (κ1) is 13.4. The largest absolute Gasteiger partial charge is 0.508 e. The number of nitrogens with one attached hydrogen (secondary N) is 1. The van der Waals surface area contributed by atoms with Gasteiger partial charge in [-0.25, -0.2) is 0 Å². The molecule has 0 fully saturated rings. The highest BCUT2D eigenvalue weighted by Crippen LogP contribution is 2.32. The molecule has 0 unspecified atom stereocenters. The Morgan fingerprint density at radius 3 is 2.57 bits per heavy atom. The average Bonchev–Trinajstić information content (AvgIpc) is 2.47. The van der Waals surface area contributed by atoms with Crippen LogP contribution in [0, 0.1) is 0 Å². The number of hydrogen-bond acceptors (Lipinski definition) is 3. The molecule has 2 aromatic rings. The third-order valence-electron chi connectivity index (χ3n) is 3.67. The molecular weight excluding hydrogens is 262 g/mol. The van der Waals surface area contributed by atoms with Gasteiger partial charge in [0.1, 0.15) is 5.75 Å². The molecule has 2 N–H and O–H groups in total. The summed E-state index contributed by atoms with van der Waals surface area (Å²) in [7, 11) is 0. The number of anilines is 1. The van der Waals surface area contributed by atoms with E-state index >= 15 is 0 Å². The van der Waals surface area contributed by atoms with Gasteiger partial charge >= 0.3 is 0 Å². The Balaban J connectivity index is 1.78. The van der Waals surface area contributed by atoms with Crippen LogP contribution in [0.2, 0.25) is 0 Å². The van der Waals surface area contributed by atoms with Crippen LogP contribution in [0.4, 0.5) is 5.69 Å². The minimum atomic E-state index is 0.137. The van der Waals surface area contributed by atoms with Crippen LogP contribution in [0.3, 0.4) is 0 Å². The summed E-state index contributed by atoms with van der Waals surface area (Å²) in [4.78, 5) is 11.9. The fourth-order valence-corrected chi connectivity index (χ4v) is 2.71. The van der Waals surface area contributed by atoms with Crippen molar-refractivity contribution in [3.05, 3.63) is 71.9 Å². The molecule has 0 aromatic heterocycles. The Labute approximate surface area is 123 Å². The molecule has 1 atom stereocenters. The van der Waals surface area contributed by atoms with Crippen LogP contribution in [0.1, 0.15) is 24.3 Å². The molecular formula is C18H17NO2. The number of carbonyl (C=O) groups is 1. The molecule has 0 bridgehead atoms. The molecule has 0 saturated carbocycles. The zero-order chi connectivity index (χ0) is 14.7. The van der Waals surface area contributed by atoms with Gasteiger partial charge in [-0.15, -0.1) is 0 Å². The molecule has 3 heteroatoms. The molecule has 0 aliphatic heterocycles. The van der Waals surface area contributed by atoms with E-state index in [0.29, 0.717) is 6.42 Å². The molecule has 0 spiro atoms. The lowest BCUT2D eigenvalue weighted by atomic mass is 9.85. The highest BCUT2D eigenvalue weighted by Gasteiger charge is 2.22. The Hall–Kier alpha value is -2.55. The fraction of sp³-hybridized carbons (Fsp3) is 0.167. The standard InChI is InChI=1S/C18H17NO2/c20-17-8-4-7-15(11-17)19-16-9-14(10-18(21)12-16)13-5-2-1-3-6-13/h1-8,11-12,14,19-20H,9-10H2/t14-/m0/s1. The van der Waals surface area contributed by atoms with Crippen LogP contribution < -0.4 is 5.32 Å². The second-order valence-corrected chi connectivity index (χ2v) is 5.33. The summed E-state index contributed by atoms with van der Waals surface area (Å²) in [5.41, 5.74) is 2.88. The van der Waals surface area contributed by atoms with Crippen molar-refractivity contribution in [3.8, 4) is 5.75 Å². The Kier molecular flexibility index (Phi) is 3.73. The molecule has 1 aliphatic rings. The average molecular weight is 279 g/mol. The number of aromatic hydroxyl groups is 1. The summed E-state index contributed by atoms with van der Waals surface area (Å²) < 4.78 is 0. The van der Waals surface area contributed by atoms with Crippen molar-refractivity contribution in [2.24, 2.45) is 0 Å². The number of benzene rings is 2. The van der Waals surface area contributed by atoms with E-state index in [9.17, 15) is 9.90 Å². The Bertz CT molecular complexity index is 677. The van der Waals surface area contributed by atoms with E-state index in [1.165, 1.54) is 5.56 Å². The maximum absolute atomic E-state index is 11.9. The van der Waals surface area contributed by atoms with Crippen LogP contribution in [0.5, 0.6) is 5.75 Å². The van der Waals surface area contributed by atoms with E-state index in [1.54, 1.807) is 24.3 Å².